The molecule has 1 amide bonds. The number of amides is 1. The molecule has 0 aliphatic heterocycles. The Labute approximate surface area is 81.9 Å². The number of carbonyl (C=O) groups is 2. The summed E-state index contributed by atoms with van der Waals surface area (Å²) in [6.07, 6.45) is 0.657. The molecule has 1 aromatic rings. The third-order valence-corrected chi connectivity index (χ3v) is 1.50. The van der Waals surface area contributed by atoms with Crippen molar-refractivity contribution in [1.29, 1.82) is 0 Å². The first-order chi connectivity index (χ1) is 6.74. The lowest BCUT2D eigenvalue weighted by molar-refractivity contribution is -0.114. The third kappa shape index (κ3) is 2.90. The number of benzene rings is 1. The highest BCUT2D eigenvalue weighted by Crippen LogP contribution is 2.23. The Hall–Kier alpha value is -1.84. The van der Waals surface area contributed by atoms with Crippen LogP contribution in [0.1, 0.15) is 6.92 Å². The maximum Gasteiger partial charge on any atom is 0.221 e. The molecule has 0 saturated heterocycles. The highest BCUT2D eigenvalue weighted by molar-refractivity contribution is 5.90. The Morgan fingerprint density at radius 3 is 2.86 bits per heavy atom. The second-order valence-corrected chi connectivity index (χ2v) is 2.66. The van der Waals surface area contributed by atoms with Crippen LogP contribution in [0.3, 0.4) is 0 Å². The van der Waals surface area contributed by atoms with Crippen molar-refractivity contribution in [2.75, 3.05) is 11.9 Å². The third-order valence-electron chi connectivity index (χ3n) is 1.50. The summed E-state index contributed by atoms with van der Waals surface area (Å²) in [6.45, 7) is 1.40. The van der Waals surface area contributed by atoms with Crippen LogP contribution in [0.4, 0.5) is 5.69 Å². The van der Waals surface area contributed by atoms with Gasteiger partial charge in [0, 0.05) is 6.92 Å². The molecule has 0 saturated carbocycles. The molecule has 1 N–H and O–H groups in total. The Bertz CT molecular complexity index is 336. The van der Waals surface area contributed by atoms with E-state index in [1.807, 2.05) is 0 Å². The fourth-order valence-corrected chi connectivity index (χ4v) is 1.01. The molecule has 0 radical (unpaired) electrons. The maximum absolute atomic E-state index is 10.8. The molecule has 0 bridgehead atoms. The van der Waals surface area contributed by atoms with Crippen molar-refractivity contribution >= 4 is 17.9 Å². The fraction of sp³-hybridized carbons (Fsp3) is 0.200. The molecule has 0 aliphatic rings. The van der Waals surface area contributed by atoms with Crippen molar-refractivity contribution in [2.24, 2.45) is 0 Å². The molecule has 74 valence electrons. The van der Waals surface area contributed by atoms with E-state index >= 15 is 0 Å². The van der Waals surface area contributed by atoms with Gasteiger partial charge in [-0.15, -0.1) is 0 Å². The molecule has 0 atom stereocenters. The number of ether oxygens (including phenoxy) is 1. The average Bonchev–Trinajstić information content (AvgIpc) is 2.16. The predicted octanol–water partition coefficient (Wildman–Crippen LogP) is 1.22. The van der Waals surface area contributed by atoms with Crippen molar-refractivity contribution in [2.45, 2.75) is 6.92 Å². The first kappa shape index (κ1) is 10.2. The average molecular weight is 193 g/mol. The van der Waals surface area contributed by atoms with E-state index in [-0.39, 0.29) is 12.5 Å². The van der Waals surface area contributed by atoms with Crippen LogP contribution in [0.15, 0.2) is 24.3 Å². The van der Waals surface area contributed by atoms with E-state index in [0.29, 0.717) is 17.7 Å². The smallest absolute Gasteiger partial charge is 0.221 e. The molecule has 1 rings (SSSR count). The fourth-order valence-electron chi connectivity index (χ4n) is 1.01. The van der Waals surface area contributed by atoms with E-state index in [2.05, 4.69) is 5.32 Å². The van der Waals surface area contributed by atoms with Gasteiger partial charge in [-0.1, -0.05) is 12.1 Å². The van der Waals surface area contributed by atoms with Gasteiger partial charge in [-0.05, 0) is 12.1 Å². The molecule has 0 fully saturated rings. The summed E-state index contributed by atoms with van der Waals surface area (Å²) in [7, 11) is 0. The molecular weight excluding hydrogens is 182 g/mol. The van der Waals surface area contributed by atoms with Gasteiger partial charge in [0.2, 0.25) is 5.91 Å². The number of carbonyl (C=O) groups excluding carboxylic acids is 2. The van der Waals surface area contributed by atoms with E-state index in [1.54, 1.807) is 24.3 Å². The van der Waals surface area contributed by atoms with Crippen LogP contribution >= 0.6 is 0 Å². The van der Waals surface area contributed by atoms with Crippen molar-refractivity contribution in [3.8, 4) is 5.75 Å². The van der Waals surface area contributed by atoms with Gasteiger partial charge in [-0.3, -0.25) is 9.59 Å². The summed E-state index contributed by atoms with van der Waals surface area (Å²) < 4.78 is 5.10. The van der Waals surface area contributed by atoms with Crippen LogP contribution in [0.2, 0.25) is 0 Å². The van der Waals surface area contributed by atoms with Gasteiger partial charge in [0.25, 0.3) is 0 Å². The molecule has 0 unspecified atom stereocenters. The molecular formula is C10H11NO3. The largest absolute Gasteiger partial charge is 0.484 e. The quantitative estimate of drug-likeness (QED) is 0.731. The van der Waals surface area contributed by atoms with Crippen LogP contribution < -0.4 is 10.1 Å². The van der Waals surface area contributed by atoms with Crippen LogP contribution in [-0.2, 0) is 9.59 Å². The molecule has 0 heterocycles. The van der Waals surface area contributed by atoms with Gasteiger partial charge in [0.05, 0.1) is 5.69 Å². The molecule has 1 aromatic carbocycles. The standard InChI is InChI=1S/C10H11NO3/c1-8(13)11-9-4-2-3-5-10(9)14-7-6-12/h2-6H,7H2,1H3,(H,11,13). The number of para-hydroxylation sites is 2. The highest BCUT2D eigenvalue weighted by atomic mass is 16.5. The minimum atomic E-state index is -0.174. The van der Waals surface area contributed by atoms with E-state index < -0.39 is 0 Å². The Balaban J connectivity index is 2.79. The number of rotatable bonds is 4. The van der Waals surface area contributed by atoms with E-state index in [0.717, 1.165) is 0 Å². The van der Waals surface area contributed by atoms with Crippen molar-refractivity contribution in [3.05, 3.63) is 24.3 Å². The summed E-state index contributed by atoms with van der Waals surface area (Å²) in [5.74, 6) is 0.321. The van der Waals surface area contributed by atoms with Crippen LogP contribution in [-0.4, -0.2) is 18.8 Å². The molecule has 0 aromatic heterocycles. The van der Waals surface area contributed by atoms with Gasteiger partial charge >= 0.3 is 0 Å². The molecule has 4 heteroatoms. The summed E-state index contributed by atoms with van der Waals surface area (Å²) in [5, 5.41) is 2.60. The number of anilines is 1. The minimum Gasteiger partial charge on any atom is -0.484 e. The van der Waals surface area contributed by atoms with Gasteiger partial charge in [-0.25, -0.2) is 0 Å². The predicted molar refractivity (Wildman–Crippen MR) is 52.3 cm³/mol. The highest BCUT2D eigenvalue weighted by Gasteiger charge is 2.02. The zero-order valence-electron chi connectivity index (χ0n) is 7.82. The molecule has 4 nitrogen and oxygen atoms in total. The van der Waals surface area contributed by atoms with Crippen LogP contribution in [0, 0.1) is 0 Å². The lowest BCUT2D eigenvalue weighted by Crippen LogP contribution is -2.08. The van der Waals surface area contributed by atoms with Crippen molar-refractivity contribution in [3.63, 3.8) is 0 Å². The van der Waals surface area contributed by atoms with E-state index in [1.165, 1.54) is 6.92 Å². The number of hydrogen-bond donors (Lipinski definition) is 1. The summed E-state index contributed by atoms with van der Waals surface area (Å²) in [6, 6.07) is 6.95. The number of nitrogens with one attached hydrogen (secondary N) is 1. The normalized spacial score (nSPS) is 9.21. The first-order valence-electron chi connectivity index (χ1n) is 4.17. The van der Waals surface area contributed by atoms with Crippen molar-refractivity contribution in [1.82, 2.24) is 0 Å². The second-order valence-electron chi connectivity index (χ2n) is 2.66. The Morgan fingerprint density at radius 1 is 1.50 bits per heavy atom. The summed E-state index contributed by atoms with van der Waals surface area (Å²) in [4.78, 5) is 20.9. The zero-order chi connectivity index (χ0) is 10.4. The lowest BCUT2D eigenvalue weighted by atomic mass is 10.3. The molecule has 0 aliphatic carbocycles. The number of aldehydes is 1. The summed E-state index contributed by atoms with van der Waals surface area (Å²) >= 11 is 0. The monoisotopic (exact) mass is 193 g/mol. The van der Waals surface area contributed by atoms with Crippen LogP contribution in [0.5, 0.6) is 5.75 Å². The van der Waals surface area contributed by atoms with Crippen LogP contribution in [0.25, 0.3) is 0 Å². The summed E-state index contributed by atoms with van der Waals surface area (Å²) in [5.41, 5.74) is 0.571. The molecule has 14 heavy (non-hydrogen) atoms. The first-order valence-corrected chi connectivity index (χ1v) is 4.17. The van der Waals surface area contributed by atoms with Gasteiger partial charge in [0.15, 0.2) is 6.29 Å². The topological polar surface area (TPSA) is 55.4 Å². The van der Waals surface area contributed by atoms with Gasteiger partial charge in [0.1, 0.15) is 12.4 Å². The Morgan fingerprint density at radius 2 is 2.21 bits per heavy atom. The van der Waals surface area contributed by atoms with E-state index in [4.69, 9.17) is 4.74 Å². The zero-order valence-corrected chi connectivity index (χ0v) is 7.82. The molecule has 0 spiro atoms. The second kappa shape index (κ2) is 5.01. The van der Waals surface area contributed by atoms with Gasteiger partial charge in [-0.2, -0.15) is 0 Å². The Kier molecular flexibility index (Phi) is 3.67. The minimum absolute atomic E-state index is 0.0173. The van der Waals surface area contributed by atoms with Gasteiger partial charge < -0.3 is 10.1 Å². The van der Waals surface area contributed by atoms with Crippen molar-refractivity contribution < 1.29 is 14.3 Å². The van der Waals surface area contributed by atoms with E-state index in [9.17, 15) is 9.59 Å². The number of hydrogen-bond acceptors (Lipinski definition) is 3. The lowest BCUT2D eigenvalue weighted by Gasteiger charge is -2.08. The SMILES string of the molecule is CC(=O)Nc1ccccc1OCC=O. The maximum atomic E-state index is 10.8.